The summed E-state index contributed by atoms with van der Waals surface area (Å²) in [5.74, 6) is 0.409. The molecule has 0 saturated carbocycles. The molecule has 39 heavy (non-hydrogen) atoms. The number of nitrogens with zero attached hydrogens (tertiary/aromatic N) is 1. The smallest absolute Gasteiger partial charge is 0.167 e. The van der Waals surface area contributed by atoms with Crippen LogP contribution in [0.15, 0.2) is 108 Å². The minimum absolute atomic E-state index is 0.409. The second kappa shape index (κ2) is 17.0. The molecule has 0 heterocycles. The Balaban J connectivity index is 0.000000274. The van der Waals surface area contributed by atoms with Crippen molar-refractivity contribution in [3.8, 4) is 0 Å². The Morgan fingerprint density at radius 2 is 1.46 bits per heavy atom. The molecule has 3 rings (SSSR count). The first-order valence-corrected chi connectivity index (χ1v) is 13.9. The van der Waals surface area contributed by atoms with Gasteiger partial charge in [-0.15, -0.1) is 0 Å². The van der Waals surface area contributed by atoms with Crippen molar-refractivity contribution in [3.63, 3.8) is 0 Å². The van der Waals surface area contributed by atoms with E-state index < -0.39 is 6.30 Å². The number of hydrogen-bond donors (Lipinski definition) is 1. The first-order chi connectivity index (χ1) is 18.8. The van der Waals surface area contributed by atoms with Crippen molar-refractivity contribution in [3.05, 3.63) is 137 Å². The summed E-state index contributed by atoms with van der Waals surface area (Å²) in [7, 11) is 1.85. The normalized spacial score (nSPS) is 13.1. The van der Waals surface area contributed by atoms with Gasteiger partial charge in [0.15, 0.2) is 6.30 Å². The van der Waals surface area contributed by atoms with Crippen molar-refractivity contribution in [2.45, 2.75) is 66.6 Å². The Labute approximate surface area is 236 Å². The molecule has 1 unspecified atom stereocenters. The van der Waals surface area contributed by atoms with Crippen molar-refractivity contribution in [1.29, 1.82) is 0 Å². The van der Waals surface area contributed by atoms with Crippen molar-refractivity contribution in [1.82, 2.24) is 5.32 Å². The minimum Gasteiger partial charge on any atom is -0.356 e. The Morgan fingerprint density at radius 3 is 2.05 bits per heavy atom. The first kappa shape index (κ1) is 31.5. The molecule has 1 N–H and O–H groups in total. The van der Waals surface area contributed by atoms with Crippen LogP contribution in [0.2, 0.25) is 0 Å². The van der Waals surface area contributed by atoms with E-state index in [2.05, 4.69) is 118 Å². The zero-order chi connectivity index (χ0) is 28.6. The highest BCUT2D eigenvalue weighted by molar-refractivity contribution is 6.09. The fourth-order valence-electron chi connectivity index (χ4n) is 4.26. The van der Waals surface area contributed by atoms with Gasteiger partial charge in [0.25, 0.3) is 0 Å². The Kier molecular flexibility index (Phi) is 13.7. The molecule has 0 bridgehead atoms. The molecule has 0 radical (unpaired) electrons. The van der Waals surface area contributed by atoms with Gasteiger partial charge >= 0.3 is 0 Å². The van der Waals surface area contributed by atoms with Crippen LogP contribution in [0.4, 0.5) is 4.39 Å². The van der Waals surface area contributed by atoms with Crippen LogP contribution in [0.1, 0.15) is 73.4 Å². The summed E-state index contributed by atoms with van der Waals surface area (Å²) in [6.45, 7) is 12.2. The molecule has 0 spiro atoms. The molecule has 1 atom stereocenters. The van der Waals surface area contributed by atoms with Crippen LogP contribution in [-0.2, 0) is 6.42 Å². The number of benzene rings is 3. The van der Waals surface area contributed by atoms with Gasteiger partial charge in [0.1, 0.15) is 0 Å². The molecule has 3 aromatic rings. The van der Waals surface area contributed by atoms with Gasteiger partial charge in [-0.1, -0.05) is 112 Å². The number of alkyl halides is 1. The van der Waals surface area contributed by atoms with Crippen molar-refractivity contribution in [2.75, 3.05) is 7.05 Å². The lowest BCUT2D eigenvalue weighted by Crippen LogP contribution is -2.20. The van der Waals surface area contributed by atoms with E-state index in [-0.39, 0.29) is 0 Å². The maximum Gasteiger partial charge on any atom is 0.167 e. The second-order valence-electron chi connectivity index (χ2n) is 9.88. The number of hydrogen-bond acceptors (Lipinski definition) is 2. The summed E-state index contributed by atoms with van der Waals surface area (Å²) < 4.78 is 13.3. The lowest BCUT2D eigenvalue weighted by atomic mass is 9.95. The summed E-state index contributed by atoms with van der Waals surface area (Å²) in [4.78, 5) is 4.40. The summed E-state index contributed by atoms with van der Waals surface area (Å²) in [6.07, 6.45) is 11.1. The number of allylic oxidation sites excluding steroid dienone is 5. The molecule has 2 nitrogen and oxygen atoms in total. The van der Waals surface area contributed by atoms with Crippen LogP contribution in [0.5, 0.6) is 0 Å². The molecule has 0 fully saturated rings. The predicted octanol–water partition coefficient (Wildman–Crippen LogP) is 9.54. The topological polar surface area (TPSA) is 24.4 Å². The van der Waals surface area contributed by atoms with E-state index in [0.717, 1.165) is 29.8 Å². The largest absolute Gasteiger partial charge is 0.356 e. The van der Waals surface area contributed by atoms with Crippen molar-refractivity contribution < 1.29 is 4.39 Å². The summed E-state index contributed by atoms with van der Waals surface area (Å²) in [6, 6.07) is 25.0. The van der Waals surface area contributed by atoms with Crippen LogP contribution < -0.4 is 5.32 Å². The number of aliphatic imine (C=N–C) groups is 1. The maximum atomic E-state index is 13.3. The molecular formula is C36H45FN2. The zero-order valence-electron chi connectivity index (χ0n) is 24.7. The predicted molar refractivity (Wildman–Crippen MR) is 169 cm³/mol. The van der Waals surface area contributed by atoms with Gasteiger partial charge in [0.05, 0.1) is 5.71 Å². The quantitative estimate of drug-likeness (QED) is 0.159. The number of halogens is 1. The minimum atomic E-state index is -1.07. The van der Waals surface area contributed by atoms with E-state index in [1.807, 2.05) is 37.4 Å². The fraction of sp³-hybridized carbons (Fsp3) is 0.306. The molecule has 0 aliphatic carbocycles. The molecule has 0 aliphatic heterocycles. The van der Waals surface area contributed by atoms with Crippen molar-refractivity contribution >= 4 is 11.4 Å². The molecule has 0 saturated heterocycles. The molecular weight excluding hydrogens is 479 g/mol. The molecule has 0 amide bonds. The standard InChI is InChI=1S/C19H21N.C17H24FN/c1-15-9-4-6-11-17(15)12-8-14-19(20-3)18-13-7-5-10-16(18)2;1-5-6-7-12-17(19-14(4)18)16-11-9-8-10-15(16)13(2)3/h4-11,13-14H,12H2,1-3H3;6-14,19H,5H2,1-4H3/b14-8-,20-19?;7-6-,17-12-. The third-order valence-electron chi connectivity index (χ3n) is 6.40. The fourth-order valence-corrected chi connectivity index (χ4v) is 4.26. The summed E-state index contributed by atoms with van der Waals surface area (Å²) in [5.41, 5.74) is 9.34. The average molecular weight is 525 g/mol. The third-order valence-corrected chi connectivity index (χ3v) is 6.40. The monoisotopic (exact) mass is 524 g/mol. The van der Waals surface area contributed by atoms with Crippen LogP contribution in [0.25, 0.3) is 5.70 Å². The van der Waals surface area contributed by atoms with Gasteiger partial charge in [-0.05, 0) is 73.9 Å². The van der Waals surface area contributed by atoms with Gasteiger partial charge < -0.3 is 5.32 Å². The Bertz CT molecular complexity index is 1280. The second-order valence-corrected chi connectivity index (χ2v) is 9.88. The highest BCUT2D eigenvalue weighted by Gasteiger charge is 2.11. The molecule has 0 aliphatic rings. The lowest BCUT2D eigenvalue weighted by molar-refractivity contribution is 0.334. The molecule has 0 aromatic heterocycles. The molecule has 3 heteroatoms. The van der Waals surface area contributed by atoms with Crippen LogP contribution in [-0.4, -0.2) is 19.1 Å². The summed E-state index contributed by atoms with van der Waals surface area (Å²) in [5, 5.41) is 2.89. The number of rotatable bonds is 10. The van der Waals surface area contributed by atoms with E-state index in [4.69, 9.17) is 0 Å². The molecule has 206 valence electrons. The molecule has 3 aromatic carbocycles. The average Bonchev–Trinajstić information content (AvgIpc) is 2.92. The van der Waals surface area contributed by atoms with Gasteiger partial charge in [-0.3, -0.25) is 4.99 Å². The van der Waals surface area contributed by atoms with E-state index in [1.165, 1.54) is 34.7 Å². The number of nitrogens with one attached hydrogen (secondary N) is 1. The zero-order valence-corrected chi connectivity index (χ0v) is 24.7. The summed E-state index contributed by atoms with van der Waals surface area (Å²) >= 11 is 0. The first-order valence-electron chi connectivity index (χ1n) is 13.9. The van der Waals surface area contributed by atoms with Gasteiger partial charge in [-0.25, -0.2) is 4.39 Å². The Morgan fingerprint density at radius 1 is 0.846 bits per heavy atom. The SMILES string of the molecule is CC/C=C\C=C(/NC(C)F)c1ccccc1C(C)C.CN=C(/C=C\Cc1ccccc1C)c1ccccc1C. The third kappa shape index (κ3) is 10.5. The maximum absolute atomic E-state index is 13.3. The van der Waals surface area contributed by atoms with E-state index in [1.54, 1.807) is 0 Å². The van der Waals surface area contributed by atoms with E-state index in [0.29, 0.717) is 5.92 Å². The Hall–Kier alpha value is -3.72. The van der Waals surface area contributed by atoms with Crippen LogP contribution in [0.3, 0.4) is 0 Å². The van der Waals surface area contributed by atoms with Crippen LogP contribution in [0, 0.1) is 13.8 Å². The van der Waals surface area contributed by atoms with Gasteiger partial charge in [0, 0.05) is 23.9 Å². The van der Waals surface area contributed by atoms with Crippen LogP contribution >= 0.6 is 0 Å². The van der Waals surface area contributed by atoms with Gasteiger partial charge in [-0.2, -0.15) is 0 Å². The number of aryl methyl sites for hydroxylation is 2. The lowest BCUT2D eigenvalue weighted by Gasteiger charge is -2.17. The van der Waals surface area contributed by atoms with Gasteiger partial charge in [0.2, 0.25) is 0 Å². The van der Waals surface area contributed by atoms with Crippen molar-refractivity contribution in [2.24, 2.45) is 4.99 Å². The highest BCUT2D eigenvalue weighted by atomic mass is 19.1. The van der Waals surface area contributed by atoms with E-state index >= 15 is 0 Å². The highest BCUT2D eigenvalue weighted by Crippen LogP contribution is 2.25. The van der Waals surface area contributed by atoms with E-state index in [9.17, 15) is 4.39 Å².